The molecule has 1 saturated carbocycles. The minimum atomic E-state index is -4.62. The number of piperazine rings is 1. The van der Waals surface area contributed by atoms with E-state index < -0.39 is 12.0 Å². The molecule has 0 aromatic carbocycles. The summed E-state index contributed by atoms with van der Waals surface area (Å²) in [7, 11) is 0. The van der Waals surface area contributed by atoms with Crippen LogP contribution in [0.5, 0.6) is 0 Å². The molecule has 1 amide bonds. The van der Waals surface area contributed by atoms with Crippen molar-refractivity contribution >= 4 is 17.4 Å². The topological polar surface area (TPSA) is 78.7 Å². The third-order valence-corrected chi connectivity index (χ3v) is 4.99. The fourth-order valence-corrected chi connectivity index (χ4v) is 3.18. The number of hydrogen-bond donors (Lipinski definition) is 1. The maximum absolute atomic E-state index is 13.0. The molecule has 11 heteroatoms. The van der Waals surface area contributed by atoms with Gasteiger partial charge in [-0.3, -0.25) is 9.69 Å². The molecule has 1 saturated heterocycles. The Kier molecular flexibility index (Phi) is 4.41. The standard InChI is InChI=1S/C16H20F3N7O/c1-10(14(27)20-11-2-3-11)24-6-8-25(9-7-24)13-5-4-12-21-22-15(16(17,18)19)26(12)23-13/h4-5,10-11H,2-3,6-9H2,1H3,(H,20,27)/t10-/m1/s1. The highest BCUT2D eigenvalue weighted by molar-refractivity contribution is 5.81. The van der Waals surface area contributed by atoms with Crippen LogP contribution in [0.4, 0.5) is 19.0 Å². The predicted octanol–water partition coefficient (Wildman–Crippen LogP) is 0.932. The first-order valence-corrected chi connectivity index (χ1v) is 8.92. The lowest BCUT2D eigenvalue weighted by molar-refractivity contribution is -0.146. The largest absolute Gasteiger partial charge is 0.453 e. The molecular weight excluding hydrogens is 363 g/mol. The van der Waals surface area contributed by atoms with Gasteiger partial charge in [0.25, 0.3) is 5.82 Å². The van der Waals surface area contributed by atoms with E-state index in [1.165, 1.54) is 6.07 Å². The number of nitrogens with zero attached hydrogens (tertiary/aromatic N) is 6. The van der Waals surface area contributed by atoms with Crippen LogP contribution in [0.1, 0.15) is 25.6 Å². The van der Waals surface area contributed by atoms with Gasteiger partial charge in [0, 0.05) is 32.2 Å². The summed E-state index contributed by atoms with van der Waals surface area (Å²) >= 11 is 0. The quantitative estimate of drug-likeness (QED) is 0.847. The van der Waals surface area contributed by atoms with Gasteiger partial charge in [-0.05, 0) is 31.9 Å². The number of rotatable bonds is 4. The zero-order valence-corrected chi connectivity index (χ0v) is 14.8. The molecule has 2 fully saturated rings. The second-order valence-electron chi connectivity index (χ2n) is 6.96. The third-order valence-electron chi connectivity index (χ3n) is 4.99. The molecule has 0 spiro atoms. The first-order valence-electron chi connectivity index (χ1n) is 8.92. The Balaban J connectivity index is 1.44. The van der Waals surface area contributed by atoms with Gasteiger partial charge >= 0.3 is 6.18 Å². The predicted molar refractivity (Wildman–Crippen MR) is 90.2 cm³/mol. The summed E-state index contributed by atoms with van der Waals surface area (Å²) in [6.45, 7) is 4.29. The highest BCUT2D eigenvalue weighted by atomic mass is 19.4. The molecule has 3 heterocycles. The molecule has 0 unspecified atom stereocenters. The minimum Gasteiger partial charge on any atom is -0.353 e. The number of halogens is 3. The number of carbonyl (C=O) groups is 1. The number of hydrogen-bond acceptors (Lipinski definition) is 6. The summed E-state index contributed by atoms with van der Waals surface area (Å²) in [5.74, 6) is -0.671. The number of fused-ring (bicyclic) bond motifs is 1. The van der Waals surface area contributed by atoms with Gasteiger partial charge in [-0.1, -0.05) is 0 Å². The van der Waals surface area contributed by atoms with Crippen molar-refractivity contribution in [2.75, 3.05) is 31.1 Å². The van der Waals surface area contributed by atoms with Crippen molar-refractivity contribution in [1.82, 2.24) is 30.0 Å². The van der Waals surface area contributed by atoms with E-state index in [-0.39, 0.29) is 17.6 Å². The average Bonchev–Trinajstić information content (AvgIpc) is 3.34. The number of aromatic nitrogens is 4. The normalized spacial score (nSPS) is 20.1. The van der Waals surface area contributed by atoms with Crippen LogP contribution in [-0.2, 0) is 11.0 Å². The van der Waals surface area contributed by atoms with Gasteiger partial charge in [-0.15, -0.1) is 15.3 Å². The number of alkyl halides is 3. The van der Waals surface area contributed by atoms with Crippen molar-refractivity contribution in [3.05, 3.63) is 18.0 Å². The van der Waals surface area contributed by atoms with Crippen LogP contribution in [0, 0.1) is 0 Å². The molecule has 0 radical (unpaired) electrons. The molecule has 4 rings (SSSR count). The van der Waals surface area contributed by atoms with Crippen LogP contribution < -0.4 is 10.2 Å². The SMILES string of the molecule is C[C@H](C(=O)NC1CC1)N1CCN(c2ccc3nnc(C(F)(F)F)n3n2)CC1. The number of carbonyl (C=O) groups excluding carboxylic acids is 1. The van der Waals surface area contributed by atoms with Crippen molar-refractivity contribution in [3.8, 4) is 0 Å². The van der Waals surface area contributed by atoms with Gasteiger partial charge in [0.2, 0.25) is 5.91 Å². The van der Waals surface area contributed by atoms with Crippen LogP contribution in [-0.4, -0.2) is 68.9 Å². The summed E-state index contributed by atoms with van der Waals surface area (Å²) in [6.07, 6.45) is -2.53. The highest BCUT2D eigenvalue weighted by Gasteiger charge is 2.38. The Morgan fingerprint density at radius 2 is 1.89 bits per heavy atom. The van der Waals surface area contributed by atoms with Crippen LogP contribution in [0.3, 0.4) is 0 Å². The number of amides is 1. The molecule has 2 aliphatic rings. The van der Waals surface area contributed by atoms with Crippen molar-refractivity contribution in [3.63, 3.8) is 0 Å². The van der Waals surface area contributed by atoms with E-state index in [9.17, 15) is 18.0 Å². The van der Waals surface area contributed by atoms with Crippen LogP contribution >= 0.6 is 0 Å². The highest BCUT2D eigenvalue weighted by Crippen LogP contribution is 2.28. The fourth-order valence-electron chi connectivity index (χ4n) is 3.18. The minimum absolute atomic E-state index is 0.0322. The summed E-state index contributed by atoms with van der Waals surface area (Å²) in [6, 6.07) is 3.22. The number of anilines is 1. The van der Waals surface area contributed by atoms with Gasteiger partial charge in [-0.2, -0.15) is 17.7 Å². The van der Waals surface area contributed by atoms with Gasteiger partial charge in [0.05, 0.1) is 6.04 Å². The lowest BCUT2D eigenvalue weighted by Crippen LogP contribution is -2.54. The molecule has 8 nitrogen and oxygen atoms in total. The Bertz CT molecular complexity index is 840. The van der Waals surface area contributed by atoms with E-state index in [0.717, 1.165) is 17.4 Å². The van der Waals surface area contributed by atoms with Gasteiger partial charge in [-0.25, -0.2) is 0 Å². The van der Waals surface area contributed by atoms with E-state index in [1.54, 1.807) is 6.07 Å². The summed E-state index contributed by atoms with van der Waals surface area (Å²) < 4.78 is 39.8. The van der Waals surface area contributed by atoms with E-state index in [2.05, 4.69) is 25.5 Å². The molecule has 0 bridgehead atoms. The Morgan fingerprint density at radius 1 is 1.19 bits per heavy atom. The Labute approximate surface area is 153 Å². The van der Waals surface area contributed by atoms with Gasteiger partial charge in [0.1, 0.15) is 5.82 Å². The molecule has 2 aromatic rings. The Hall–Kier alpha value is -2.43. The van der Waals surface area contributed by atoms with Crippen LogP contribution in [0.25, 0.3) is 5.65 Å². The monoisotopic (exact) mass is 383 g/mol. The average molecular weight is 383 g/mol. The summed E-state index contributed by atoms with van der Waals surface area (Å²) in [5.41, 5.74) is 0.0510. The first-order chi connectivity index (χ1) is 12.8. The maximum atomic E-state index is 13.0. The molecule has 1 N–H and O–H groups in total. The fraction of sp³-hybridized carbons (Fsp3) is 0.625. The molecular formula is C16H20F3N7O. The van der Waals surface area contributed by atoms with E-state index in [1.807, 2.05) is 11.8 Å². The second kappa shape index (κ2) is 6.63. The van der Waals surface area contributed by atoms with E-state index in [4.69, 9.17) is 0 Å². The van der Waals surface area contributed by atoms with E-state index in [0.29, 0.717) is 38.0 Å². The van der Waals surface area contributed by atoms with Crippen molar-refractivity contribution in [1.29, 1.82) is 0 Å². The Morgan fingerprint density at radius 3 is 2.52 bits per heavy atom. The number of nitrogens with one attached hydrogen (secondary N) is 1. The molecule has 2 aromatic heterocycles. The smallest absolute Gasteiger partial charge is 0.353 e. The summed E-state index contributed by atoms with van der Waals surface area (Å²) in [5, 5.41) is 13.8. The molecule has 146 valence electrons. The zero-order chi connectivity index (χ0) is 19.2. The van der Waals surface area contributed by atoms with Crippen LogP contribution in [0.2, 0.25) is 0 Å². The molecule has 1 aliphatic heterocycles. The maximum Gasteiger partial charge on any atom is 0.453 e. The molecule has 1 atom stereocenters. The first kappa shape index (κ1) is 18.0. The van der Waals surface area contributed by atoms with Crippen molar-refractivity contribution < 1.29 is 18.0 Å². The molecule has 27 heavy (non-hydrogen) atoms. The van der Waals surface area contributed by atoms with Crippen molar-refractivity contribution in [2.24, 2.45) is 0 Å². The summed E-state index contributed by atoms with van der Waals surface area (Å²) in [4.78, 5) is 16.2. The van der Waals surface area contributed by atoms with Gasteiger partial charge in [0.15, 0.2) is 5.65 Å². The van der Waals surface area contributed by atoms with Crippen molar-refractivity contribution in [2.45, 2.75) is 38.0 Å². The molecule has 1 aliphatic carbocycles. The third kappa shape index (κ3) is 3.68. The van der Waals surface area contributed by atoms with Gasteiger partial charge < -0.3 is 10.2 Å². The zero-order valence-electron chi connectivity index (χ0n) is 14.8. The van der Waals surface area contributed by atoms with Crippen LogP contribution in [0.15, 0.2) is 12.1 Å². The van der Waals surface area contributed by atoms with E-state index >= 15 is 0 Å². The lowest BCUT2D eigenvalue weighted by atomic mass is 10.2. The lowest BCUT2D eigenvalue weighted by Gasteiger charge is -2.37. The second-order valence-corrected chi connectivity index (χ2v) is 6.96.